The van der Waals surface area contributed by atoms with Gasteiger partial charge in [0.25, 0.3) is 0 Å². The monoisotopic (exact) mass is 279 g/mol. The molecule has 3 N–H and O–H groups in total. The summed E-state index contributed by atoms with van der Waals surface area (Å²) in [6.07, 6.45) is 6.61. The van der Waals surface area contributed by atoms with E-state index in [-0.39, 0.29) is 6.04 Å². The highest BCUT2D eigenvalue weighted by molar-refractivity contribution is 5.42. The maximum atomic E-state index is 5.95. The summed E-state index contributed by atoms with van der Waals surface area (Å²) in [5.74, 6) is 6.90. The third-order valence-electron chi connectivity index (χ3n) is 5.19. The lowest BCUT2D eigenvalue weighted by molar-refractivity contribution is 0.320. The predicted molar refractivity (Wildman–Crippen MR) is 83.9 cm³/mol. The van der Waals surface area contributed by atoms with Crippen molar-refractivity contribution in [1.82, 2.24) is 10.4 Å². The zero-order valence-electron chi connectivity index (χ0n) is 12.1. The molecule has 4 rings (SSSR count). The first-order chi connectivity index (χ1) is 10.4. The number of benzene rings is 1. The molecule has 3 unspecified atom stereocenters. The average molecular weight is 279 g/mol. The highest BCUT2D eigenvalue weighted by Gasteiger charge is 2.39. The molecular formula is C18H21N3. The predicted octanol–water partition coefficient (Wildman–Crippen LogP) is 2.67. The first-order valence-electron chi connectivity index (χ1n) is 7.86. The van der Waals surface area contributed by atoms with Crippen molar-refractivity contribution in [3.63, 3.8) is 0 Å². The van der Waals surface area contributed by atoms with Crippen LogP contribution in [0.5, 0.6) is 0 Å². The Hall–Kier alpha value is -1.71. The van der Waals surface area contributed by atoms with Gasteiger partial charge >= 0.3 is 0 Å². The van der Waals surface area contributed by atoms with Crippen molar-refractivity contribution in [2.45, 2.75) is 43.6 Å². The van der Waals surface area contributed by atoms with Crippen LogP contribution in [0.25, 0.3) is 0 Å². The summed E-state index contributed by atoms with van der Waals surface area (Å²) in [5.41, 5.74) is 8.71. The molecular weight excluding hydrogens is 258 g/mol. The van der Waals surface area contributed by atoms with Crippen LogP contribution in [-0.4, -0.2) is 11.0 Å². The number of aryl methyl sites for hydroxylation is 1. The summed E-state index contributed by atoms with van der Waals surface area (Å²) in [6, 6.07) is 13.3. The summed E-state index contributed by atoms with van der Waals surface area (Å²) >= 11 is 0. The Balaban J connectivity index is 1.67. The minimum Gasteiger partial charge on any atom is -0.271 e. The maximum Gasteiger partial charge on any atom is 0.0482 e. The van der Waals surface area contributed by atoms with Gasteiger partial charge in [-0.1, -0.05) is 30.3 Å². The third-order valence-corrected chi connectivity index (χ3v) is 5.19. The number of hydrazine groups is 1. The molecule has 0 amide bonds. The van der Waals surface area contributed by atoms with E-state index in [4.69, 9.17) is 5.84 Å². The molecule has 0 aliphatic heterocycles. The van der Waals surface area contributed by atoms with Crippen molar-refractivity contribution >= 4 is 0 Å². The van der Waals surface area contributed by atoms with Gasteiger partial charge in [0, 0.05) is 29.8 Å². The summed E-state index contributed by atoms with van der Waals surface area (Å²) in [7, 11) is 0. The molecule has 0 saturated carbocycles. The molecule has 3 nitrogen and oxygen atoms in total. The Labute approximate surface area is 125 Å². The van der Waals surface area contributed by atoms with Gasteiger partial charge in [0.05, 0.1) is 0 Å². The minimum atomic E-state index is 0.286. The molecule has 108 valence electrons. The van der Waals surface area contributed by atoms with Gasteiger partial charge in [-0.2, -0.15) is 0 Å². The largest absolute Gasteiger partial charge is 0.271 e. The molecule has 21 heavy (non-hydrogen) atoms. The Morgan fingerprint density at radius 2 is 1.95 bits per heavy atom. The van der Waals surface area contributed by atoms with Crippen molar-refractivity contribution in [3.8, 4) is 0 Å². The van der Waals surface area contributed by atoms with Gasteiger partial charge in [0.15, 0.2) is 0 Å². The molecule has 0 saturated heterocycles. The molecule has 3 heteroatoms. The lowest BCUT2D eigenvalue weighted by atomic mass is 9.67. The van der Waals surface area contributed by atoms with Crippen LogP contribution >= 0.6 is 0 Å². The fourth-order valence-corrected chi connectivity index (χ4v) is 4.13. The molecule has 0 bridgehead atoms. The first kappa shape index (κ1) is 13.0. The fourth-order valence-electron chi connectivity index (χ4n) is 4.13. The molecule has 3 atom stereocenters. The lowest BCUT2D eigenvalue weighted by Gasteiger charge is -2.41. The topological polar surface area (TPSA) is 50.9 Å². The van der Waals surface area contributed by atoms with Gasteiger partial charge in [0.2, 0.25) is 0 Å². The Kier molecular flexibility index (Phi) is 3.24. The molecule has 1 heterocycles. The number of nitrogens with zero attached hydrogens (tertiary/aromatic N) is 1. The second-order valence-electron chi connectivity index (χ2n) is 6.25. The van der Waals surface area contributed by atoms with Crippen LogP contribution in [0.3, 0.4) is 0 Å². The number of nitrogens with two attached hydrogens (primary N) is 1. The quantitative estimate of drug-likeness (QED) is 0.671. The average Bonchev–Trinajstić information content (AvgIpc) is 2.52. The van der Waals surface area contributed by atoms with E-state index in [0.717, 1.165) is 12.8 Å². The van der Waals surface area contributed by atoms with E-state index in [1.165, 1.54) is 35.2 Å². The van der Waals surface area contributed by atoms with Gasteiger partial charge in [-0.3, -0.25) is 16.3 Å². The highest BCUT2D eigenvalue weighted by Crippen LogP contribution is 2.44. The van der Waals surface area contributed by atoms with Crippen LogP contribution < -0.4 is 11.3 Å². The SMILES string of the molecule is NNC(C1Cc2ccccc21)C1CCCc2cccnc21. The summed E-state index contributed by atoms with van der Waals surface area (Å²) in [6.45, 7) is 0. The molecule has 2 aliphatic rings. The number of pyridine rings is 1. The lowest BCUT2D eigenvalue weighted by Crippen LogP contribution is -2.48. The molecule has 0 spiro atoms. The van der Waals surface area contributed by atoms with Gasteiger partial charge in [0.1, 0.15) is 0 Å². The van der Waals surface area contributed by atoms with Crippen LogP contribution in [0, 0.1) is 0 Å². The van der Waals surface area contributed by atoms with Crippen LogP contribution in [0.15, 0.2) is 42.6 Å². The van der Waals surface area contributed by atoms with Crippen molar-refractivity contribution in [2.24, 2.45) is 5.84 Å². The normalized spacial score (nSPS) is 24.6. The molecule has 0 fully saturated rings. The van der Waals surface area contributed by atoms with E-state index >= 15 is 0 Å². The van der Waals surface area contributed by atoms with Gasteiger partial charge in [-0.05, 0) is 48.4 Å². The van der Waals surface area contributed by atoms with Crippen molar-refractivity contribution in [1.29, 1.82) is 0 Å². The smallest absolute Gasteiger partial charge is 0.0482 e. The third kappa shape index (κ3) is 2.08. The second kappa shape index (κ2) is 5.24. The second-order valence-corrected chi connectivity index (χ2v) is 6.25. The number of fused-ring (bicyclic) bond motifs is 2. The Bertz CT molecular complexity index is 652. The van der Waals surface area contributed by atoms with E-state index in [2.05, 4.69) is 40.7 Å². The Morgan fingerprint density at radius 3 is 2.81 bits per heavy atom. The number of hydrogen-bond acceptors (Lipinski definition) is 3. The summed E-state index contributed by atoms with van der Waals surface area (Å²) in [4.78, 5) is 4.67. The maximum absolute atomic E-state index is 5.95. The van der Waals surface area contributed by atoms with E-state index < -0.39 is 0 Å². The molecule has 0 radical (unpaired) electrons. The van der Waals surface area contributed by atoms with E-state index in [0.29, 0.717) is 11.8 Å². The van der Waals surface area contributed by atoms with Crippen molar-refractivity contribution < 1.29 is 0 Å². The van der Waals surface area contributed by atoms with Crippen LogP contribution in [0.4, 0.5) is 0 Å². The molecule has 1 aromatic heterocycles. The van der Waals surface area contributed by atoms with Crippen molar-refractivity contribution in [3.05, 3.63) is 65.0 Å². The number of aromatic nitrogens is 1. The van der Waals surface area contributed by atoms with E-state index in [1.807, 2.05) is 12.3 Å². The van der Waals surface area contributed by atoms with Crippen molar-refractivity contribution in [2.75, 3.05) is 0 Å². The van der Waals surface area contributed by atoms with Gasteiger partial charge in [-0.25, -0.2) is 0 Å². The van der Waals surface area contributed by atoms with E-state index in [1.54, 1.807) is 0 Å². The molecule has 1 aromatic carbocycles. The van der Waals surface area contributed by atoms with Gasteiger partial charge < -0.3 is 0 Å². The summed E-state index contributed by atoms with van der Waals surface area (Å²) < 4.78 is 0. The highest BCUT2D eigenvalue weighted by atomic mass is 15.2. The zero-order valence-corrected chi connectivity index (χ0v) is 12.1. The molecule has 2 aromatic rings. The Morgan fingerprint density at radius 1 is 1.10 bits per heavy atom. The number of hydrogen-bond donors (Lipinski definition) is 2. The van der Waals surface area contributed by atoms with Crippen LogP contribution in [0.1, 0.15) is 47.1 Å². The standard InChI is InChI=1S/C18H21N3/c19-21-18(16-11-13-5-1-2-8-14(13)16)15-9-3-6-12-7-4-10-20-17(12)15/h1-2,4-5,7-8,10,15-16,18,21H,3,6,9,11,19H2. The van der Waals surface area contributed by atoms with Gasteiger partial charge in [-0.15, -0.1) is 0 Å². The zero-order chi connectivity index (χ0) is 14.2. The van der Waals surface area contributed by atoms with Crippen LogP contribution in [0.2, 0.25) is 0 Å². The van der Waals surface area contributed by atoms with Crippen LogP contribution in [-0.2, 0) is 12.8 Å². The summed E-state index contributed by atoms with van der Waals surface area (Å²) in [5, 5.41) is 0. The number of nitrogens with one attached hydrogen (secondary N) is 1. The number of rotatable bonds is 3. The fraction of sp³-hybridized carbons (Fsp3) is 0.389. The minimum absolute atomic E-state index is 0.286. The van der Waals surface area contributed by atoms with E-state index in [9.17, 15) is 0 Å². The molecule has 2 aliphatic carbocycles. The first-order valence-corrected chi connectivity index (χ1v) is 7.86.